The highest BCUT2D eigenvalue weighted by molar-refractivity contribution is 5.74. The van der Waals surface area contributed by atoms with E-state index in [0.29, 0.717) is 0 Å². The van der Waals surface area contributed by atoms with Crippen molar-refractivity contribution in [1.29, 1.82) is 0 Å². The number of hydrogen-bond acceptors (Lipinski definition) is 3. The number of aliphatic hydroxyl groups excluding tert-OH is 1. The average Bonchev–Trinajstić information content (AvgIpc) is 2.27. The summed E-state index contributed by atoms with van der Waals surface area (Å²) >= 11 is 0. The zero-order valence-electron chi connectivity index (χ0n) is 9.37. The number of rotatable bonds is 2. The maximum atomic E-state index is 11.3. The van der Waals surface area contributed by atoms with Gasteiger partial charge in [-0.25, -0.2) is 4.79 Å². The van der Waals surface area contributed by atoms with Gasteiger partial charge in [0.05, 0.1) is 7.11 Å². The molecule has 0 aliphatic heterocycles. The second kappa shape index (κ2) is 4.12. The van der Waals surface area contributed by atoms with E-state index in [2.05, 4.69) is 4.74 Å². The highest BCUT2D eigenvalue weighted by Crippen LogP contribution is 2.57. The molecule has 1 N–H and O–H groups in total. The summed E-state index contributed by atoms with van der Waals surface area (Å²) in [5.41, 5.74) is 0.270. The van der Waals surface area contributed by atoms with Crippen molar-refractivity contribution in [2.45, 2.75) is 51.0 Å². The lowest BCUT2D eigenvalue weighted by Crippen LogP contribution is -2.50. The molecule has 3 heteroatoms. The summed E-state index contributed by atoms with van der Waals surface area (Å²) in [7, 11) is 1.35. The number of esters is 1. The Kier molecular flexibility index (Phi) is 3.01. The molecular weight excluding hydrogens is 192 g/mol. The van der Waals surface area contributed by atoms with Gasteiger partial charge >= 0.3 is 5.97 Å². The predicted molar refractivity (Wildman–Crippen MR) is 56.3 cm³/mol. The molecule has 0 aromatic heterocycles. The van der Waals surface area contributed by atoms with Crippen LogP contribution in [0.15, 0.2) is 0 Å². The van der Waals surface area contributed by atoms with Gasteiger partial charge in [0.1, 0.15) is 0 Å². The fourth-order valence-corrected chi connectivity index (χ4v) is 3.37. The van der Waals surface area contributed by atoms with Gasteiger partial charge in [0.25, 0.3) is 0 Å². The van der Waals surface area contributed by atoms with Crippen molar-refractivity contribution in [1.82, 2.24) is 0 Å². The summed E-state index contributed by atoms with van der Waals surface area (Å²) in [4.78, 5) is 11.3. The molecule has 2 fully saturated rings. The topological polar surface area (TPSA) is 46.5 Å². The molecule has 2 aliphatic rings. The first-order valence-electron chi connectivity index (χ1n) is 5.95. The van der Waals surface area contributed by atoms with Crippen molar-refractivity contribution in [3.8, 4) is 0 Å². The third-order valence-electron chi connectivity index (χ3n) is 4.41. The van der Waals surface area contributed by atoms with Crippen molar-refractivity contribution in [3.63, 3.8) is 0 Å². The molecule has 0 amide bonds. The maximum Gasteiger partial charge on any atom is 0.334 e. The molecule has 2 aliphatic carbocycles. The van der Waals surface area contributed by atoms with Crippen LogP contribution in [0.5, 0.6) is 0 Å². The quantitative estimate of drug-likeness (QED) is 0.711. The maximum absolute atomic E-state index is 11.3. The van der Waals surface area contributed by atoms with E-state index in [-0.39, 0.29) is 11.3 Å². The van der Waals surface area contributed by atoms with Crippen LogP contribution < -0.4 is 0 Å². The Bertz CT molecular complexity index is 243. The van der Waals surface area contributed by atoms with Gasteiger partial charge in [0, 0.05) is 5.92 Å². The van der Waals surface area contributed by atoms with Gasteiger partial charge in [0.2, 0.25) is 0 Å². The molecule has 0 heterocycles. The SMILES string of the molecule is COC(=O)C(O)C1CCC12CCCCC2. The molecule has 3 nitrogen and oxygen atoms in total. The summed E-state index contributed by atoms with van der Waals surface area (Å²) in [6.45, 7) is 0. The lowest BCUT2D eigenvalue weighted by Gasteiger charge is -2.53. The molecule has 86 valence electrons. The van der Waals surface area contributed by atoms with Gasteiger partial charge in [0.15, 0.2) is 6.10 Å². The summed E-state index contributed by atoms with van der Waals surface area (Å²) in [6, 6.07) is 0. The number of carbonyl (C=O) groups is 1. The van der Waals surface area contributed by atoms with Crippen LogP contribution in [0.2, 0.25) is 0 Å². The smallest absolute Gasteiger partial charge is 0.334 e. The van der Waals surface area contributed by atoms with E-state index in [9.17, 15) is 9.90 Å². The summed E-state index contributed by atoms with van der Waals surface area (Å²) < 4.78 is 4.61. The third-order valence-corrected chi connectivity index (χ3v) is 4.41. The minimum absolute atomic E-state index is 0.158. The molecule has 2 rings (SSSR count). The first kappa shape index (κ1) is 10.9. The Morgan fingerprint density at radius 2 is 2.00 bits per heavy atom. The standard InChI is InChI=1S/C12H20O3/c1-15-11(14)10(13)9-5-8-12(9)6-3-2-4-7-12/h9-10,13H,2-8H2,1H3. The molecule has 2 saturated carbocycles. The number of carbonyl (C=O) groups excluding carboxylic acids is 1. The highest BCUT2D eigenvalue weighted by Gasteiger charge is 2.51. The second-order valence-electron chi connectivity index (χ2n) is 5.04. The highest BCUT2D eigenvalue weighted by atomic mass is 16.5. The van der Waals surface area contributed by atoms with E-state index in [0.717, 1.165) is 6.42 Å². The van der Waals surface area contributed by atoms with Crippen LogP contribution in [0.1, 0.15) is 44.9 Å². The van der Waals surface area contributed by atoms with Crippen LogP contribution >= 0.6 is 0 Å². The zero-order chi connectivity index (χ0) is 10.9. The van der Waals surface area contributed by atoms with Gasteiger partial charge in [-0.15, -0.1) is 0 Å². The molecule has 15 heavy (non-hydrogen) atoms. The fraction of sp³-hybridized carbons (Fsp3) is 0.917. The van der Waals surface area contributed by atoms with Crippen molar-refractivity contribution >= 4 is 5.97 Å². The first-order chi connectivity index (χ1) is 7.19. The van der Waals surface area contributed by atoms with E-state index in [1.807, 2.05) is 0 Å². The minimum Gasteiger partial charge on any atom is -0.467 e. The number of methoxy groups -OCH3 is 1. The lowest BCUT2D eigenvalue weighted by molar-refractivity contribution is -0.165. The number of hydrogen-bond donors (Lipinski definition) is 1. The zero-order valence-corrected chi connectivity index (χ0v) is 9.37. The lowest BCUT2D eigenvalue weighted by atomic mass is 9.52. The van der Waals surface area contributed by atoms with E-state index in [4.69, 9.17) is 0 Å². The van der Waals surface area contributed by atoms with Crippen LogP contribution in [-0.4, -0.2) is 24.3 Å². The fourth-order valence-electron chi connectivity index (χ4n) is 3.37. The van der Waals surface area contributed by atoms with Crippen LogP contribution in [0.3, 0.4) is 0 Å². The molecule has 0 bridgehead atoms. The molecule has 0 aromatic carbocycles. The van der Waals surface area contributed by atoms with E-state index >= 15 is 0 Å². The Morgan fingerprint density at radius 3 is 2.47 bits per heavy atom. The van der Waals surface area contributed by atoms with E-state index in [1.54, 1.807) is 0 Å². The van der Waals surface area contributed by atoms with Crippen molar-refractivity contribution < 1.29 is 14.6 Å². The van der Waals surface area contributed by atoms with Crippen molar-refractivity contribution in [2.75, 3.05) is 7.11 Å². The molecule has 0 radical (unpaired) electrons. The second-order valence-corrected chi connectivity index (χ2v) is 5.04. The molecule has 2 atom stereocenters. The predicted octanol–water partition coefficient (Wildman–Crippen LogP) is 1.88. The molecule has 2 unspecified atom stereocenters. The summed E-state index contributed by atoms with van der Waals surface area (Å²) in [6.07, 6.45) is 7.47. The third kappa shape index (κ3) is 1.78. The van der Waals surface area contributed by atoms with Crippen LogP contribution in [0.4, 0.5) is 0 Å². The Balaban J connectivity index is 2.01. The van der Waals surface area contributed by atoms with Gasteiger partial charge in [-0.05, 0) is 31.1 Å². The Hall–Kier alpha value is -0.570. The van der Waals surface area contributed by atoms with Gasteiger partial charge in [-0.3, -0.25) is 0 Å². The normalized spacial score (nSPS) is 30.7. The monoisotopic (exact) mass is 212 g/mol. The molecule has 0 saturated heterocycles. The average molecular weight is 212 g/mol. The van der Waals surface area contributed by atoms with Gasteiger partial charge in [-0.2, -0.15) is 0 Å². The van der Waals surface area contributed by atoms with E-state index < -0.39 is 12.1 Å². The Labute approximate surface area is 90.8 Å². The number of ether oxygens (including phenoxy) is 1. The van der Waals surface area contributed by atoms with Crippen molar-refractivity contribution in [3.05, 3.63) is 0 Å². The molecule has 1 spiro atoms. The van der Waals surface area contributed by atoms with Gasteiger partial charge < -0.3 is 9.84 Å². The first-order valence-corrected chi connectivity index (χ1v) is 5.95. The van der Waals surface area contributed by atoms with Gasteiger partial charge in [-0.1, -0.05) is 19.3 Å². The molecule has 0 aromatic rings. The van der Waals surface area contributed by atoms with Crippen LogP contribution in [-0.2, 0) is 9.53 Å². The van der Waals surface area contributed by atoms with Crippen LogP contribution in [0, 0.1) is 11.3 Å². The largest absolute Gasteiger partial charge is 0.467 e. The minimum atomic E-state index is -0.887. The summed E-state index contributed by atoms with van der Waals surface area (Å²) in [5, 5.41) is 9.88. The van der Waals surface area contributed by atoms with Crippen molar-refractivity contribution in [2.24, 2.45) is 11.3 Å². The molecular formula is C12H20O3. The number of aliphatic hydroxyl groups is 1. The van der Waals surface area contributed by atoms with E-state index in [1.165, 1.54) is 45.6 Å². The summed E-state index contributed by atoms with van der Waals surface area (Å²) in [5.74, 6) is -0.296. The Morgan fingerprint density at radius 1 is 1.33 bits per heavy atom. The van der Waals surface area contributed by atoms with Crippen LogP contribution in [0.25, 0.3) is 0 Å².